The highest BCUT2D eigenvalue weighted by molar-refractivity contribution is 6.33. The molecule has 1 amide bonds. The van der Waals surface area contributed by atoms with Gasteiger partial charge >= 0.3 is 0 Å². The quantitative estimate of drug-likeness (QED) is 0.905. The summed E-state index contributed by atoms with van der Waals surface area (Å²) in [4.78, 5) is 20.5. The van der Waals surface area contributed by atoms with Crippen LogP contribution < -0.4 is 10.2 Å². The first kappa shape index (κ1) is 17.0. The van der Waals surface area contributed by atoms with Gasteiger partial charge in [-0.2, -0.15) is 0 Å². The summed E-state index contributed by atoms with van der Waals surface area (Å²) in [6.07, 6.45) is 1.51. The lowest BCUT2D eigenvalue weighted by atomic mass is 10.2. The highest BCUT2D eigenvalue weighted by atomic mass is 35.5. The SMILES string of the molecule is O=C(CN1CCN(c2ccccc2Cl)CC1)Nc1ccc(Cl)cn1. The van der Waals surface area contributed by atoms with Gasteiger partial charge in [0.2, 0.25) is 5.91 Å². The first-order valence-corrected chi connectivity index (χ1v) is 8.50. The number of amides is 1. The van der Waals surface area contributed by atoms with Gasteiger partial charge in [0.05, 0.1) is 22.3 Å². The third-order valence-electron chi connectivity index (χ3n) is 3.93. The molecule has 126 valence electrons. The molecule has 0 aliphatic carbocycles. The summed E-state index contributed by atoms with van der Waals surface area (Å²) in [5.41, 5.74) is 1.05. The van der Waals surface area contributed by atoms with Crippen molar-refractivity contribution in [2.75, 3.05) is 42.9 Å². The Morgan fingerprint density at radius 2 is 1.83 bits per heavy atom. The molecular weight excluding hydrogens is 347 g/mol. The fourth-order valence-corrected chi connectivity index (χ4v) is 3.06. The van der Waals surface area contributed by atoms with E-state index in [9.17, 15) is 4.79 Å². The second kappa shape index (κ2) is 7.83. The third-order valence-corrected chi connectivity index (χ3v) is 4.47. The van der Waals surface area contributed by atoms with E-state index in [2.05, 4.69) is 20.1 Å². The van der Waals surface area contributed by atoms with Crippen molar-refractivity contribution in [3.8, 4) is 0 Å². The maximum atomic E-state index is 12.1. The largest absolute Gasteiger partial charge is 0.368 e. The number of carbonyl (C=O) groups excluding carboxylic acids is 1. The molecule has 0 bridgehead atoms. The van der Waals surface area contributed by atoms with E-state index in [0.29, 0.717) is 17.4 Å². The number of hydrogen-bond donors (Lipinski definition) is 1. The van der Waals surface area contributed by atoms with Gasteiger partial charge in [0, 0.05) is 32.4 Å². The minimum Gasteiger partial charge on any atom is -0.368 e. The average Bonchev–Trinajstić information content (AvgIpc) is 2.58. The third kappa shape index (κ3) is 4.38. The Balaban J connectivity index is 1.49. The standard InChI is InChI=1S/C17H18Cl2N4O/c18-13-5-6-16(20-11-13)21-17(24)12-22-7-9-23(10-8-22)15-4-2-1-3-14(15)19/h1-6,11H,7-10,12H2,(H,20,21,24). The number of anilines is 2. The van der Waals surface area contributed by atoms with Crippen molar-refractivity contribution >= 4 is 40.6 Å². The van der Waals surface area contributed by atoms with Crippen molar-refractivity contribution in [2.45, 2.75) is 0 Å². The zero-order valence-electron chi connectivity index (χ0n) is 13.1. The molecule has 1 aromatic carbocycles. The van der Waals surface area contributed by atoms with E-state index in [1.54, 1.807) is 12.1 Å². The van der Waals surface area contributed by atoms with E-state index in [1.165, 1.54) is 6.20 Å². The van der Waals surface area contributed by atoms with Crippen molar-refractivity contribution in [2.24, 2.45) is 0 Å². The first-order valence-electron chi connectivity index (χ1n) is 7.75. The van der Waals surface area contributed by atoms with E-state index in [1.807, 2.05) is 24.3 Å². The van der Waals surface area contributed by atoms with E-state index in [0.717, 1.165) is 36.9 Å². The van der Waals surface area contributed by atoms with Gasteiger partial charge in [0.15, 0.2) is 0 Å². The molecule has 1 fully saturated rings. The second-order valence-electron chi connectivity index (χ2n) is 5.62. The fourth-order valence-electron chi connectivity index (χ4n) is 2.69. The van der Waals surface area contributed by atoms with Gasteiger partial charge in [-0.15, -0.1) is 0 Å². The Bertz CT molecular complexity index is 700. The molecule has 1 aromatic heterocycles. The van der Waals surface area contributed by atoms with Crippen molar-refractivity contribution in [3.63, 3.8) is 0 Å². The van der Waals surface area contributed by atoms with Crippen LogP contribution in [0.15, 0.2) is 42.6 Å². The molecule has 0 radical (unpaired) electrons. The van der Waals surface area contributed by atoms with Crippen LogP contribution in [0.1, 0.15) is 0 Å². The summed E-state index contributed by atoms with van der Waals surface area (Å²) in [6, 6.07) is 11.2. The molecule has 24 heavy (non-hydrogen) atoms. The number of nitrogens with zero attached hydrogens (tertiary/aromatic N) is 3. The van der Waals surface area contributed by atoms with Crippen LogP contribution in [0, 0.1) is 0 Å². The van der Waals surface area contributed by atoms with Crippen molar-refractivity contribution in [3.05, 3.63) is 52.6 Å². The number of para-hydroxylation sites is 1. The molecule has 2 aromatic rings. The molecule has 1 saturated heterocycles. The van der Waals surface area contributed by atoms with Crippen LogP contribution in [0.2, 0.25) is 10.0 Å². The van der Waals surface area contributed by atoms with Crippen LogP contribution in [0.5, 0.6) is 0 Å². The molecule has 7 heteroatoms. The lowest BCUT2D eigenvalue weighted by Gasteiger charge is -2.36. The highest BCUT2D eigenvalue weighted by Crippen LogP contribution is 2.25. The lowest BCUT2D eigenvalue weighted by Crippen LogP contribution is -2.48. The van der Waals surface area contributed by atoms with Crippen LogP contribution in [-0.4, -0.2) is 48.5 Å². The van der Waals surface area contributed by atoms with Crippen molar-refractivity contribution in [1.82, 2.24) is 9.88 Å². The topological polar surface area (TPSA) is 48.5 Å². The second-order valence-corrected chi connectivity index (χ2v) is 6.47. The van der Waals surface area contributed by atoms with Gasteiger partial charge in [-0.25, -0.2) is 4.98 Å². The number of halogens is 2. The number of hydrogen-bond acceptors (Lipinski definition) is 4. The number of pyridine rings is 1. The van der Waals surface area contributed by atoms with Gasteiger partial charge in [-0.3, -0.25) is 9.69 Å². The molecule has 0 spiro atoms. The van der Waals surface area contributed by atoms with E-state index in [-0.39, 0.29) is 5.91 Å². The molecule has 1 aliphatic heterocycles. The zero-order valence-corrected chi connectivity index (χ0v) is 14.6. The highest BCUT2D eigenvalue weighted by Gasteiger charge is 2.20. The summed E-state index contributed by atoms with van der Waals surface area (Å²) in [5, 5.41) is 4.09. The molecule has 0 saturated carbocycles. The van der Waals surface area contributed by atoms with Gasteiger partial charge < -0.3 is 10.2 Å². The molecular formula is C17H18Cl2N4O. The smallest absolute Gasteiger partial charge is 0.239 e. The lowest BCUT2D eigenvalue weighted by molar-refractivity contribution is -0.117. The van der Waals surface area contributed by atoms with E-state index >= 15 is 0 Å². The molecule has 1 N–H and O–H groups in total. The Kier molecular flexibility index (Phi) is 5.56. The molecule has 5 nitrogen and oxygen atoms in total. The van der Waals surface area contributed by atoms with Crippen LogP contribution in [0.25, 0.3) is 0 Å². The van der Waals surface area contributed by atoms with E-state index < -0.39 is 0 Å². The number of carbonyl (C=O) groups is 1. The number of benzene rings is 1. The molecule has 0 atom stereocenters. The predicted octanol–water partition coefficient (Wildman–Crippen LogP) is 3.15. The summed E-state index contributed by atoms with van der Waals surface area (Å²) < 4.78 is 0. The monoisotopic (exact) mass is 364 g/mol. The normalized spacial score (nSPS) is 15.3. The van der Waals surface area contributed by atoms with Gasteiger partial charge in [-0.05, 0) is 24.3 Å². The Morgan fingerprint density at radius 3 is 2.50 bits per heavy atom. The molecule has 1 aliphatic rings. The molecule has 3 rings (SSSR count). The maximum absolute atomic E-state index is 12.1. The summed E-state index contributed by atoms with van der Waals surface area (Å²) >= 11 is 12.0. The first-order chi connectivity index (χ1) is 11.6. The van der Waals surface area contributed by atoms with Crippen LogP contribution >= 0.6 is 23.2 Å². The summed E-state index contributed by atoms with van der Waals surface area (Å²) in [5.74, 6) is 0.440. The number of piperazine rings is 1. The van der Waals surface area contributed by atoms with Gasteiger partial charge in [0.1, 0.15) is 5.82 Å². The fraction of sp³-hybridized carbons (Fsp3) is 0.294. The maximum Gasteiger partial charge on any atom is 0.239 e. The van der Waals surface area contributed by atoms with Crippen molar-refractivity contribution < 1.29 is 4.79 Å². The minimum absolute atomic E-state index is 0.0731. The Hall–Kier alpha value is -1.82. The number of aromatic nitrogens is 1. The van der Waals surface area contributed by atoms with E-state index in [4.69, 9.17) is 23.2 Å². The Morgan fingerprint density at radius 1 is 1.08 bits per heavy atom. The minimum atomic E-state index is -0.0731. The molecule has 2 heterocycles. The summed E-state index contributed by atoms with van der Waals surface area (Å²) in [6.45, 7) is 3.66. The molecule has 0 unspecified atom stereocenters. The van der Waals surface area contributed by atoms with Gasteiger partial charge in [0.25, 0.3) is 0 Å². The van der Waals surface area contributed by atoms with Gasteiger partial charge in [-0.1, -0.05) is 35.3 Å². The average molecular weight is 365 g/mol. The van der Waals surface area contributed by atoms with Crippen LogP contribution in [-0.2, 0) is 4.79 Å². The van der Waals surface area contributed by atoms with Crippen molar-refractivity contribution in [1.29, 1.82) is 0 Å². The predicted molar refractivity (Wildman–Crippen MR) is 98.0 cm³/mol. The Labute approximate surface area is 151 Å². The summed E-state index contributed by atoms with van der Waals surface area (Å²) in [7, 11) is 0. The number of rotatable bonds is 4. The number of nitrogens with one attached hydrogen (secondary N) is 1. The van der Waals surface area contributed by atoms with Crippen LogP contribution in [0.3, 0.4) is 0 Å². The zero-order chi connectivity index (χ0) is 16.9. The van der Waals surface area contributed by atoms with Crippen LogP contribution in [0.4, 0.5) is 11.5 Å².